The van der Waals surface area contributed by atoms with Gasteiger partial charge in [-0.25, -0.2) is 4.98 Å². The monoisotopic (exact) mass is 1090 g/mol. The normalized spacial score (nSPS) is 13.3. The van der Waals surface area contributed by atoms with E-state index in [0.717, 1.165) is 61.4 Å². The molecule has 68 heavy (non-hydrogen) atoms. The van der Waals surface area contributed by atoms with E-state index in [0.29, 0.717) is 11.4 Å². The first kappa shape index (κ1) is 47.0. The Morgan fingerprint density at radius 2 is 1.13 bits per heavy atom. The summed E-state index contributed by atoms with van der Waals surface area (Å²) in [5.41, 5.74) is 17.0. The van der Waals surface area contributed by atoms with Crippen LogP contribution in [0.1, 0.15) is 79.0 Å². The number of benzene rings is 7. The van der Waals surface area contributed by atoms with Crippen molar-refractivity contribution in [2.24, 2.45) is 0 Å². The summed E-state index contributed by atoms with van der Waals surface area (Å²) in [5, 5.41) is 15.5. The first-order chi connectivity index (χ1) is 31.8. The standard InChI is InChI=1S/C62H60N3OSi.Pt/c1-60(2,3)43-34-41(33-42(35-43)51-36-40(31-32-63-51)39-21-13-12-14-22-39)45-26-19-28-53-57(45)64-59(49-37-44(61(4,5)6)38-50(58(49)66)62(7,8)9)65(53)52-27-20-30-55-56(52)48-25-16-15-23-46(48)47-24-17-18-29-54(47)67(55,10)11;/h12-32,34-38,66H,1-11H3;/q-1;. The number of pyridine rings is 1. The Morgan fingerprint density at radius 3 is 1.84 bits per heavy atom. The van der Waals surface area contributed by atoms with Gasteiger partial charge in [0.25, 0.3) is 0 Å². The predicted molar refractivity (Wildman–Crippen MR) is 285 cm³/mol. The Bertz CT molecular complexity index is 3400. The van der Waals surface area contributed by atoms with Crippen LogP contribution >= 0.6 is 0 Å². The molecule has 10 rings (SSSR count). The summed E-state index contributed by atoms with van der Waals surface area (Å²) in [6, 6.07) is 58.8. The minimum absolute atomic E-state index is 0. The van der Waals surface area contributed by atoms with Gasteiger partial charge in [-0.15, -0.1) is 29.3 Å². The molecule has 0 spiro atoms. The number of hydrogen-bond acceptors (Lipinski definition) is 3. The van der Waals surface area contributed by atoms with Gasteiger partial charge in [0.15, 0.2) is 0 Å². The average Bonchev–Trinajstić information content (AvgIpc) is 3.66. The molecule has 0 saturated heterocycles. The molecule has 4 nitrogen and oxygen atoms in total. The van der Waals surface area contributed by atoms with Crippen molar-refractivity contribution in [2.45, 2.75) is 91.7 Å². The number of phenols is 1. The van der Waals surface area contributed by atoms with Crippen LogP contribution in [-0.4, -0.2) is 27.7 Å². The number of imidazole rings is 1. The zero-order valence-electron chi connectivity index (χ0n) is 41.1. The molecule has 344 valence electrons. The van der Waals surface area contributed by atoms with Crippen molar-refractivity contribution in [1.29, 1.82) is 0 Å². The molecule has 9 aromatic rings. The summed E-state index contributed by atoms with van der Waals surface area (Å²) >= 11 is 0. The second-order valence-electron chi connectivity index (χ2n) is 22.0. The quantitative estimate of drug-likeness (QED) is 0.138. The van der Waals surface area contributed by atoms with E-state index in [4.69, 9.17) is 9.97 Å². The third-order valence-corrected chi connectivity index (χ3v) is 17.5. The molecule has 0 radical (unpaired) electrons. The van der Waals surface area contributed by atoms with Crippen LogP contribution in [0.3, 0.4) is 0 Å². The van der Waals surface area contributed by atoms with E-state index in [1.54, 1.807) is 0 Å². The number of hydrogen-bond donors (Lipinski definition) is 1. The molecular formula is C62H60N3OPtSi-. The average molecular weight is 1090 g/mol. The summed E-state index contributed by atoms with van der Waals surface area (Å²) in [6.07, 6.45) is 1.90. The number of rotatable bonds is 5. The van der Waals surface area contributed by atoms with Gasteiger partial charge < -0.3 is 5.11 Å². The van der Waals surface area contributed by atoms with Crippen molar-refractivity contribution >= 4 is 29.5 Å². The summed E-state index contributed by atoms with van der Waals surface area (Å²) in [5.74, 6) is 0.962. The first-order valence-electron chi connectivity index (χ1n) is 23.6. The van der Waals surface area contributed by atoms with E-state index < -0.39 is 8.07 Å². The fourth-order valence-corrected chi connectivity index (χ4v) is 13.2. The van der Waals surface area contributed by atoms with E-state index in [-0.39, 0.29) is 43.1 Å². The summed E-state index contributed by atoms with van der Waals surface area (Å²) < 4.78 is 2.35. The maximum absolute atomic E-state index is 12.7. The van der Waals surface area contributed by atoms with Gasteiger partial charge in [0, 0.05) is 44.1 Å². The van der Waals surface area contributed by atoms with Gasteiger partial charge in [0.2, 0.25) is 0 Å². The van der Waals surface area contributed by atoms with Crippen molar-refractivity contribution in [2.75, 3.05) is 0 Å². The van der Waals surface area contributed by atoms with Crippen LogP contribution in [-0.2, 0) is 37.3 Å². The second-order valence-corrected chi connectivity index (χ2v) is 26.3. The largest absolute Gasteiger partial charge is 0.507 e. The van der Waals surface area contributed by atoms with Crippen LogP contribution < -0.4 is 10.4 Å². The number of aromatic hydroxyl groups is 1. The van der Waals surface area contributed by atoms with Gasteiger partial charge in [-0.3, -0.25) is 9.55 Å². The van der Waals surface area contributed by atoms with E-state index in [1.165, 1.54) is 38.2 Å². The first-order valence-corrected chi connectivity index (χ1v) is 26.6. The number of para-hydroxylation sites is 1. The number of phenolic OH excluding ortho intramolecular Hbond substituents is 1. The van der Waals surface area contributed by atoms with Gasteiger partial charge in [-0.2, -0.15) is 0 Å². The molecule has 1 aliphatic rings. The number of aromatic nitrogens is 3. The van der Waals surface area contributed by atoms with Crippen LogP contribution in [0.15, 0.2) is 158 Å². The van der Waals surface area contributed by atoms with E-state index in [1.807, 2.05) is 12.3 Å². The molecule has 0 amide bonds. The molecule has 0 bridgehead atoms. The summed E-state index contributed by atoms with van der Waals surface area (Å²) in [6.45, 7) is 25.0. The fourth-order valence-electron chi connectivity index (χ4n) is 10.1. The van der Waals surface area contributed by atoms with Crippen LogP contribution in [0, 0.1) is 6.07 Å². The maximum Gasteiger partial charge on any atom is 0.148 e. The Balaban J connectivity index is 0.00000578. The van der Waals surface area contributed by atoms with Crippen LogP contribution in [0.25, 0.3) is 83.9 Å². The van der Waals surface area contributed by atoms with Crippen molar-refractivity contribution in [3.05, 3.63) is 181 Å². The third kappa shape index (κ3) is 8.12. The minimum atomic E-state index is -2.31. The molecule has 1 aliphatic heterocycles. The second kappa shape index (κ2) is 17.1. The molecule has 2 aromatic heterocycles. The third-order valence-electron chi connectivity index (χ3n) is 13.9. The van der Waals surface area contributed by atoms with Crippen LogP contribution in [0.4, 0.5) is 0 Å². The topological polar surface area (TPSA) is 50.9 Å². The number of nitrogens with zero attached hydrogens (tertiary/aromatic N) is 3. The number of fused-ring (bicyclic) bond motifs is 6. The van der Waals surface area contributed by atoms with Gasteiger partial charge in [-0.05, 0) is 84.3 Å². The summed E-state index contributed by atoms with van der Waals surface area (Å²) in [4.78, 5) is 10.7. The smallest absolute Gasteiger partial charge is 0.148 e. The molecule has 0 unspecified atom stereocenters. The van der Waals surface area contributed by atoms with Gasteiger partial charge in [0.1, 0.15) is 19.6 Å². The minimum Gasteiger partial charge on any atom is -0.507 e. The van der Waals surface area contributed by atoms with Crippen molar-refractivity contribution in [1.82, 2.24) is 14.5 Å². The Kier molecular flexibility index (Phi) is 11.8. The Morgan fingerprint density at radius 1 is 0.529 bits per heavy atom. The molecule has 0 aliphatic carbocycles. The van der Waals surface area contributed by atoms with Gasteiger partial charge >= 0.3 is 0 Å². The van der Waals surface area contributed by atoms with Crippen molar-refractivity contribution in [3.63, 3.8) is 0 Å². The molecule has 1 N–H and O–H groups in total. The molecular weight excluding hydrogens is 1030 g/mol. The summed E-state index contributed by atoms with van der Waals surface area (Å²) in [7, 11) is -2.31. The predicted octanol–water partition coefficient (Wildman–Crippen LogP) is 15.0. The molecule has 0 saturated carbocycles. The van der Waals surface area contributed by atoms with Crippen LogP contribution in [0.2, 0.25) is 13.1 Å². The van der Waals surface area contributed by atoms with E-state index >= 15 is 0 Å². The Labute approximate surface area is 418 Å². The van der Waals surface area contributed by atoms with Crippen LogP contribution in [0.5, 0.6) is 5.75 Å². The van der Waals surface area contributed by atoms with E-state index in [9.17, 15) is 5.11 Å². The Hall–Kier alpha value is -6.13. The van der Waals surface area contributed by atoms with Crippen molar-refractivity contribution in [3.8, 4) is 78.6 Å². The van der Waals surface area contributed by atoms with Crippen molar-refractivity contribution < 1.29 is 26.2 Å². The molecule has 3 heterocycles. The zero-order valence-corrected chi connectivity index (χ0v) is 44.4. The molecule has 6 heteroatoms. The zero-order chi connectivity index (χ0) is 47.2. The van der Waals surface area contributed by atoms with E-state index in [2.05, 4.69) is 232 Å². The SMILES string of the molecule is CC(C)(C)c1cc(-c2cc(-c3ccccc3)ccn2)[c-]c(-c2cccc3c2nc(-c2cc(C(C)(C)C)cc(C(C)(C)C)c2O)n3-c2cccc3c2-c2ccccc2-c2ccccc2[Si]3(C)C)c1.[Pt]. The van der Waals surface area contributed by atoms with Gasteiger partial charge in [0.05, 0.1) is 22.3 Å². The maximum atomic E-state index is 12.7. The molecule has 7 aromatic carbocycles. The van der Waals surface area contributed by atoms with Gasteiger partial charge in [-0.1, -0.05) is 202 Å². The molecule has 0 fully saturated rings. The fraction of sp³-hybridized carbons (Fsp3) is 0.226. The molecule has 0 atom stereocenters.